The van der Waals surface area contributed by atoms with E-state index < -0.39 is 0 Å². The lowest BCUT2D eigenvalue weighted by atomic mass is 9.86. The summed E-state index contributed by atoms with van der Waals surface area (Å²) in [6.07, 6.45) is 14.0. The quantitative estimate of drug-likeness (QED) is 0.499. The maximum atomic E-state index is 12.1. The maximum Gasteiger partial charge on any atom is 0.317 e. The highest BCUT2D eigenvalue weighted by atomic mass is 16.2. The van der Waals surface area contributed by atoms with E-state index in [-0.39, 0.29) is 11.6 Å². The predicted octanol–water partition coefficient (Wildman–Crippen LogP) is 5.10. The summed E-state index contributed by atoms with van der Waals surface area (Å²) in [6, 6.07) is 0.154. The molecule has 1 N–H and O–H groups in total. The molecule has 1 atom stereocenters. The van der Waals surface area contributed by atoms with Crippen LogP contribution in [0.4, 0.5) is 4.79 Å². The Balaban J connectivity index is 2.45. The van der Waals surface area contributed by atoms with E-state index in [2.05, 4.69) is 31.0 Å². The van der Waals surface area contributed by atoms with Gasteiger partial charge in [-0.25, -0.2) is 4.79 Å². The lowest BCUT2D eigenvalue weighted by Gasteiger charge is -2.38. The molecule has 0 radical (unpaired) electrons. The van der Waals surface area contributed by atoms with Gasteiger partial charge in [-0.1, -0.05) is 71.6 Å². The zero-order valence-electron chi connectivity index (χ0n) is 14.5. The first-order chi connectivity index (χ1) is 10.1. The van der Waals surface area contributed by atoms with Gasteiger partial charge in [0.1, 0.15) is 0 Å². The summed E-state index contributed by atoms with van der Waals surface area (Å²) in [6.45, 7) is 8.52. The molecule has 1 heterocycles. The van der Waals surface area contributed by atoms with Gasteiger partial charge in [-0.05, 0) is 19.8 Å². The molecule has 1 aliphatic rings. The number of nitrogens with one attached hydrogen (secondary N) is 1. The Morgan fingerprint density at radius 2 is 1.48 bits per heavy atom. The zero-order chi connectivity index (χ0) is 15.6. The highest BCUT2D eigenvalue weighted by Crippen LogP contribution is 2.30. The third-order valence-electron chi connectivity index (χ3n) is 4.90. The number of urea groups is 1. The summed E-state index contributed by atoms with van der Waals surface area (Å²) in [4.78, 5) is 14.2. The Morgan fingerprint density at radius 1 is 0.952 bits per heavy atom. The standard InChI is InChI=1S/C18H36N2O/c1-4-6-8-10-12-14-18(3,13-11-9-7-5-2)20-16-15-19-17(20)21/h4-16H2,1-3H3,(H,19,21). The fraction of sp³-hybridized carbons (Fsp3) is 0.944. The summed E-state index contributed by atoms with van der Waals surface area (Å²) in [5.74, 6) is 0. The van der Waals surface area contributed by atoms with Crippen LogP contribution in [0.2, 0.25) is 0 Å². The van der Waals surface area contributed by atoms with Gasteiger partial charge in [0.05, 0.1) is 0 Å². The molecule has 0 aromatic carbocycles. The number of carbonyl (C=O) groups is 1. The van der Waals surface area contributed by atoms with Crippen molar-refractivity contribution in [1.29, 1.82) is 0 Å². The zero-order valence-corrected chi connectivity index (χ0v) is 14.5. The second kappa shape index (κ2) is 10.1. The molecular weight excluding hydrogens is 260 g/mol. The van der Waals surface area contributed by atoms with Crippen molar-refractivity contribution in [2.24, 2.45) is 0 Å². The number of nitrogens with zero attached hydrogens (tertiary/aromatic N) is 1. The van der Waals surface area contributed by atoms with E-state index >= 15 is 0 Å². The maximum absolute atomic E-state index is 12.1. The Kier molecular flexibility index (Phi) is 8.79. The van der Waals surface area contributed by atoms with Crippen molar-refractivity contribution < 1.29 is 4.79 Å². The number of rotatable bonds is 12. The van der Waals surface area contributed by atoms with Crippen molar-refractivity contribution in [3.63, 3.8) is 0 Å². The van der Waals surface area contributed by atoms with Crippen LogP contribution >= 0.6 is 0 Å². The lowest BCUT2D eigenvalue weighted by molar-refractivity contribution is 0.126. The van der Waals surface area contributed by atoms with Gasteiger partial charge < -0.3 is 10.2 Å². The van der Waals surface area contributed by atoms with Crippen LogP contribution in [-0.2, 0) is 0 Å². The van der Waals surface area contributed by atoms with Gasteiger partial charge >= 0.3 is 6.03 Å². The van der Waals surface area contributed by atoms with Crippen molar-refractivity contribution in [3.05, 3.63) is 0 Å². The van der Waals surface area contributed by atoms with Crippen LogP contribution in [0.1, 0.15) is 91.4 Å². The predicted molar refractivity (Wildman–Crippen MR) is 90.6 cm³/mol. The molecule has 2 amide bonds. The van der Waals surface area contributed by atoms with E-state index in [1.54, 1.807) is 0 Å². The number of amides is 2. The number of hydrogen-bond acceptors (Lipinski definition) is 1. The minimum Gasteiger partial charge on any atom is -0.336 e. The van der Waals surface area contributed by atoms with E-state index in [0.717, 1.165) is 25.9 Å². The first-order valence-electron chi connectivity index (χ1n) is 9.19. The topological polar surface area (TPSA) is 32.3 Å². The monoisotopic (exact) mass is 296 g/mol. The molecule has 3 heteroatoms. The molecule has 0 saturated carbocycles. The summed E-state index contributed by atoms with van der Waals surface area (Å²) in [5, 5.41) is 2.97. The van der Waals surface area contributed by atoms with Crippen molar-refractivity contribution in [3.8, 4) is 0 Å². The molecule has 21 heavy (non-hydrogen) atoms. The van der Waals surface area contributed by atoms with Crippen LogP contribution in [0, 0.1) is 0 Å². The SMILES string of the molecule is CCCCCCCC(C)(CCCCCC)N1CCNC1=O. The normalized spacial score (nSPS) is 17.9. The van der Waals surface area contributed by atoms with Gasteiger partial charge in [-0.15, -0.1) is 0 Å². The van der Waals surface area contributed by atoms with Crippen LogP contribution < -0.4 is 5.32 Å². The molecule has 1 fully saturated rings. The molecular formula is C18H36N2O. The number of carbonyl (C=O) groups excluding carboxylic acids is 1. The molecule has 0 bridgehead atoms. The fourth-order valence-corrected chi connectivity index (χ4v) is 3.42. The van der Waals surface area contributed by atoms with Crippen molar-refractivity contribution in [1.82, 2.24) is 10.2 Å². The highest BCUT2D eigenvalue weighted by molar-refractivity contribution is 5.77. The Morgan fingerprint density at radius 3 is 1.95 bits per heavy atom. The van der Waals surface area contributed by atoms with Crippen LogP contribution in [0.5, 0.6) is 0 Å². The lowest BCUT2D eigenvalue weighted by Crippen LogP contribution is -2.48. The van der Waals surface area contributed by atoms with Crippen LogP contribution in [0.3, 0.4) is 0 Å². The minimum absolute atomic E-state index is 0.0700. The summed E-state index contributed by atoms with van der Waals surface area (Å²) >= 11 is 0. The fourth-order valence-electron chi connectivity index (χ4n) is 3.42. The first-order valence-corrected chi connectivity index (χ1v) is 9.19. The van der Waals surface area contributed by atoms with Gasteiger partial charge in [0.15, 0.2) is 0 Å². The Labute approximate surface area is 131 Å². The molecule has 0 aliphatic carbocycles. The Hall–Kier alpha value is -0.730. The van der Waals surface area contributed by atoms with E-state index in [1.165, 1.54) is 57.8 Å². The average Bonchev–Trinajstić information content (AvgIpc) is 2.90. The second-order valence-electron chi connectivity index (χ2n) is 6.86. The molecule has 124 valence electrons. The minimum atomic E-state index is 0.0700. The molecule has 1 unspecified atom stereocenters. The molecule has 1 rings (SSSR count). The Bertz CT molecular complexity index is 293. The van der Waals surface area contributed by atoms with Crippen LogP contribution in [0.15, 0.2) is 0 Å². The molecule has 1 saturated heterocycles. The van der Waals surface area contributed by atoms with Crippen molar-refractivity contribution >= 4 is 6.03 Å². The number of hydrogen-bond donors (Lipinski definition) is 1. The first kappa shape index (κ1) is 18.3. The summed E-state index contributed by atoms with van der Waals surface area (Å²) in [5.41, 5.74) is 0.0700. The van der Waals surface area contributed by atoms with Gasteiger partial charge in [-0.3, -0.25) is 0 Å². The van der Waals surface area contributed by atoms with E-state index in [4.69, 9.17) is 0 Å². The van der Waals surface area contributed by atoms with Gasteiger partial charge in [0.25, 0.3) is 0 Å². The van der Waals surface area contributed by atoms with Gasteiger partial charge in [0.2, 0.25) is 0 Å². The summed E-state index contributed by atoms with van der Waals surface area (Å²) < 4.78 is 0. The smallest absolute Gasteiger partial charge is 0.317 e. The van der Waals surface area contributed by atoms with Crippen molar-refractivity contribution in [2.75, 3.05) is 13.1 Å². The molecule has 0 spiro atoms. The van der Waals surface area contributed by atoms with Crippen LogP contribution in [-0.4, -0.2) is 29.6 Å². The van der Waals surface area contributed by atoms with Crippen molar-refractivity contribution in [2.45, 2.75) is 96.9 Å². The largest absolute Gasteiger partial charge is 0.336 e. The van der Waals surface area contributed by atoms with Gasteiger partial charge in [0, 0.05) is 18.6 Å². The van der Waals surface area contributed by atoms with E-state index in [9.17, 15) is 4.79 Å². The van der Waals surface area contributed by atoms with Crippen LogP contribution in [0.25, 0.3) is 0 Å². The second-order valence-corrected chi connectivity index (χ2v) is 6.86. The third-order valence-corrected chi connectivity index (χ3v) is 4.90. The third kappa shape index (κ3) is 6.27. The highest BCUT2D eigenvalue weighted by Gasteiger charge is 2.36. The summed E-state index contributed by atoms with van der Waals surface area (Å²) in [7, 11) is 0. The molecule has 0 aromatic rings. The van der Waals surface area contributed by atoms with E-state index in [0.29, 0.717) is 0 Å². The molecule has 0 aromatic heterocycles. The molecule has 1 aliphatic heterocycles. The average molecular weight is 296 g/mol. The van der Waals surface area contributed by atoms with E-state index in [1.807, 2.05) is 0 Å². The number of unbranched alkanes of at least 4 members (excludes halogenated alkanes) is 7. The molecule has 3 nitrogen and oxygen atoms in total. The van der Waals surface area contributed by atoms with Gasteiger partial charge in [-0.2, -0.15) is 0 Å².